The van der Waals surface area contributed by atoms with Gasteiger partial charge in [0.25, 0.3) is 0 Å². The van der Waals surface area contributed by atoms with E-state index in [1.54, 1.807) is 0 Å². The van der Waals surface area contributed by atoms with Crippen molar-refractivity contribution in [3.05, 3.63) is 70.5 Å². The normalized spacial score (nSPS) is 26.1. The van der Waals surface area contributed by atoms with Crippen molar-refractivity contribution in [2.75, 3.05) is 5.32 Å². The van der Waals surface area contributed by atoms with Gasteiger partial charge in [-0.05, 0) is 54.7 Å². The highest BCUT2D eigenvalue weighted by Crippen LogP contribution is 2.50. The smallest absolute Gasteiger partial charge is 0.0725 e. The van der Waals surface area contributed by atoms with Crippen LogP contribution in [0.5, 0.6) is 0 Å². The second-order valence-corrected chi connectivity index (χ2v) is 6.35. The number of benzene rings is 1. The molecule has 0 unspecified atom stereocenters. The number of pyridine rings is 1. The number of halogens is 1. The number of anilines is 1. The molecule has 106 valence electrons. The van der Waals surface area contributed by atoms with Crippen LogP contribution in [0.3, 0.4) is 0 Å². The minimum Gasteiger partial charge on any atom is -0.376 e. The van der Waals surface area contributed by atoms with Crippen LogP contribution in [0.2, 0.25) is 5.02 Å². The van der Waals surface area contributed by atoms with Gasteiger partial charge in [-0.3, -0.25) is 4.98 Å². The average molecular weight is 297 g/mol. The van der Waals surface area contributed by atoms with Crippen LogP contribution < -0.4 is 5.32 Å². The Hall–Kier alpha value is -1.80. The van der Waals surface area contributed by atoms with Gasteiger partial charge < -0.3 is 5.32 Å². The molecule has 2 heterocycles. The molecule has 1 N–H and O–H groups in total. The third-order valence-electron chi connectivity index (χ3n) is 4.64. The molecule has 4 rings (SSSR count). The van der Waals surface area contributed by atoms with E-state index in [-0.39, 0.29) is 6.04 Å². The summed E-state index contributed by atoms with van der Waals surface area (Å²) < 4.78 is 0. The summed E-state index contributed by atoms with van der Waals surface area (Å²) in [7, 11) is 0. The molecule has 0 radical (unpaired) electrons. The highest BCUT2D eigenvalue weighted by Gasteiger charge is 2.39. The molecule has 2 aromatic rings. The predicted molar refractivity (Wildman–Crippen MR) is 86.8 cm³/mol. The first-order valence-electron chi connectivity index (χ1n) is 7.38. The summed E-state index contributed by atoms with van der Waals surface area (Å²) >= 11 is 6.26. The molecule has 0 bridgehead atoms. The van der Waals surface area contributed by atoms with Gasteiger partial charge >= 0.3 is 0 Å². The van der Waals surface area contributed by atoms with Crippen molar-refractivity contribution < 1.29 is 0 Å². The van der Waals surface area contributed by atoms with Crippen LogP contribution in [0.1, 0.15) is 35.2 Å². The lowest BCUT2D eigenvalue weighted by Crippen LogP contribution is -2.30. The van der Waals surface area contributed by atoms with Gasteiger partial charge in [0, 0.05) is 22.8 Å². The molecular formula is C18H17ClN2. The fourth-order valence-electron chi connectivity index (χ4n) is 3.69. The third kappa shape index (κ3) is 2.06. The van der Waals surface area contributed by atoms with Gasteiger partial charge in [0.05, 0.1) is 11.7 Å². The molecule has 1 aliphatic carbocycles. The molecule has 1 aromatic carbocycles. The number of aryl methyl sites for hydroxylation is 1. The van der Waals surface area contributed by atoms with Crippen LogP contribution in [0.25, 0.3) is 0 Å². The van der Waals surface area contributed by atoms with Crippen molar-refractivity contribution in [1.29, 1.82) is 0 Å². The number of fused-ring (bicyclic) bond motifs is 3. The average Bonchev–Trinajstić information content (AvgIpc) is 2.97. The number of aromatic nitrogens is 1. The van der Waals surface area contributed by atoms with Crippen LogP contribution in [-0.4, -0.2) is 4.98 Å². The summed E-state index contributed by atoms with van der Waals surface area (Å²) in [5.41, 5.74) is 4.88. The van der Waals surface area contributed by atoms with Gasteiger partial charge in [-0.25, -0.2) is 0 Å². The maximum atomic E-state index is 6.26. The third-order valence-corrected chi connectivity index (χ3v) is 4.86. The van der Waals surface area contributed by atoms with Gasteiger partial charge in [0.1, 0.15) is 0 Å². The number of hydrogen-bond donors (Lipinski definition) is 1. The van der Waals surface area contributed by atoms with E-state index in [4.69, 9.17) is 11.6 Å². The molecule has 0 amide bonds. The van der Waals surface area contributed by atoms with E-state index in [2.05, 4.69) is 47.6 Å². The lowest BCUT2D eigenvalue weighted by molar-refractivity contribution is 0.418. The molecule has 0 fully saturated rings. The van der Waals surface area contributed by atoms with Crippen molar-refractivity contribution >= 4 is 17.3 Å². The zero-order valence-corrected chi connectivity index (χ0v) is 12.6. The van der Waals surface area contributed by atoms with Crippen LogP contribution in [0.4, 0.5) is 5.69 Å². The Morgan fingerprint density at radius 1 is 1.29 bits per heavy atom. The van der Waals surface area contributed by atoms with E-state index in [1.807, 2.05) is 18.3 Å². The number of nitrogens with one attached hydrogen (secondary N) is 1. The van der Waals surface area contributed by atoms with Gasteiger partial charge in [0.2, 0.25) is 0 Å². The van der Waals surface area contributed by atoms with Gasteiger partial charge in [-0.15, -0.1) is 0 Å². The molecule has 1 aliphatic heterocycles. The summed E-state index contributed by atoms with van der Waals surface area (Å²) in [4.78, 5) is 4.57. The monoisotopic (exact) mass is 296 g/mol. The fraction of sp³-hybridized carbons (Fsp3) is 0.278. The van der Waals surface area contributed by atoms with Crippen molar-refractivity contribution in [2.24, 2.45) is 5.92 Å². The Labute approximate surface area is 129 Å². The van der Waals surface area contributed by atoms with Gasteiger partial charge in [-0.1, -0.05) is 29.8 Å². The van der Waals surface area contributed by atoms with Gasteiger partial charge in [0.15, 0.2) is 0 Å². The molecule has 0 spiro atoms. The molecular weight excluding hydrogens is 280 g/mol. The van der Waals surface area contributed by atoms with Crippen molar-refractivity contribution in [3.63, 3.8) is 0 Å². The van der Waals surface area contributed by atoms with E-state index < -0.39 is 0 Å². The highest BCUT2D eigenvalue weighted by atomic mass is 35.5. The molecule has 0 saturated carbocycles. The molecule has 3 heteroatoms. The van der Waals surface area contributed by atoms with E-state index >= 15 is 0 Å². The van der Waals surface area contributed by atoms with E-state index in [0.29, 0.717) is 11.8 Å². The standard InChI is InChI=1S/C18H17ClN2/c1-11-9-12(19)10-15-13-5-4-6-14(13)18(21-17(11)15)16-7-2-3-8-20-16/h2-5,7-10,13-14,18,21H,6H2,1H3/t13-,14+,18+/m1/s1. The Kier molecular flexibility index (Phi) is 3.00. The molecule has 2 nitrogen and oxygen atoms in total. The number of allylic oxidation sites excluding steroid dienone is 2. The van der Waals surface area contributed by atoms with Crippen molar-refractivity contribution in [3.8, 4) is 0 Å². The highest BCUT2D eigenvalue weighted by molar-refractivity contribution is 6.30. The minimum atomic E-state index is 0.263. The predicted octanol–water partition coefficient (Wildman–Crippen LogP) is 4.87. The number of hydrogen-bond acceptors (Lipinski definition) is 2. The Bertz CT molecular complexity index is 709. The second kappa shape index (κ2) is 4.88. The minimum absolute atomic E-state index is 0.263. The quantitative estimate of drug-likeness (QED) is 0.759. The first-order chi connectivity index (χ1) is 10.2. The molecule has 1 aromatic heterocycles. The van der Waals surface area contributed by atoms with Crippen LogP contribution in [0.15, 0.2) is 48.7 Å². The Morgan fingerprint density at radius 2 is 2.19 bits per heavy atom. The number of rotatable bonds is 1. The van der Waals surface area contributed by atoms with Crippen LogP contribution >= 0.6 is 11.6 Å². The summed E-state index contributed by atoms with van der Waals surface area (Å²) in [6, 6.07) is 10.5. The van der Waals surface area contributed by atoms with E-state index in [9.17, 15) is 0 Å². The Morgan fingerprint density at radius 3 is 3.00 bits per heavy atom. The summed E-state index contributed by atoms with van der Waals surface area (Å²) in [6.07, 6.45) is 7.58. The largest absolute Gasteiger partial charge is 0.376 e. The lowest BCUT2D eigenvalue weighted by atomic mass is 9.77. The zero-order chi connectivity index (χ0) is 14.4. The zero-order valence-electron chi connectivity index (χ0n) is 11.9. The maximum Gasteiger partial charge on any atom is 0.0725 e. The number of nitrogens with zero attached hydrogens (tertiary/aromatic N) is 1. The maximum absolute atomic E-state index is 6.26. The second-order valence-electron chi connectivity index (χ2n) is 5.92. The van der Waals surface area contributed by atoms with E-state index in [1.165, 1.54) is 16.8 Å². The molecule has 21 heavy (non-hydrogen) atoms. The van der Waals surface area contributed by atoms with Crippen LogP contribution in [0, 0.1) is 12.8 Å². The summed E-state index contributed by atoms with van der Waals surface area (Å²) in [5, 5.41) is 4.54. The SMILES string of the molecule is Cc1cc(Cl)cc2c1N[C@H](c1ccccn1)[C@H]1CC=C[C@@H]21. The lowest BCUT2D eigenvalue weighted by Gasteiger charge is -2.37. The summed E-state index contributed by atoms with van der Waals surface area (Å²) in [6.45, 7) is 2.12. The topological polar surface area (TPSA) is 24.9 Å². The van der Waals surface area contributed by atoms with Crippen molar-refractivity contribution in [1.82, 2.24) is 4.98 Å². The van der Waals surface area contributed by atoms with Crippen molar-refractivity contribution in [2.45, 2.75) is 25.3 Å². The van der Waals surface area contributed by atoms with Gasteiger partial charge in [-0.2, -0.15) is 0 Å². The summed E-state index contributed by atoms with van der Waals surface area (Å²) in [5.74, 6) is 0.955. The first kappa shape index (κ1) is 12.9. The molecule has 0 saturated heterocycles. The molecule has 2 aliphatic rings. The van der Waals surface area contributed by atoms with Crippen LogP contribution in [-0.2, 0) is 0 Å². The fourth-order valence-corrected chi connectivity index (χ4v) is 3.98. The molecule has 3 atom stereocenters. The Balaban J connectivity index is 1.84. The first-order valence-corrected chi connectivity index (χ1v) is 7.76. The van der Waals surface area contributed by atoms with E-state index in [0.717, 1.165) is 17.1 Å².